The van der Waals surface area contributed by atoms with Crippen molar-refractivity contribution < 1.29 is 9.53 Å². The van der Waals surface area contributed by atoms with E-state index in [9.17, 15) is 4.79 Å². The number of carbonyl (C=O) groups excluding carboxylic acids is 1. The molecule has 1 aliphatic rings. The lowest BCUT2D eigenvalue weighted by Gasteiger charge is -2.25. The molecule has 1 aromatic heterocycles. The fourth-order valence-electron chi connectivity index (χ4n) is 2.75. The Labute approximate surface area is 139 Å². The first-order chi connectivity index (χ1) is 11.3. The summed E-state index contributed by atoms with van der Waals surface area (Å²) in [4.78, 5) is 15.9. The SMILES string of the molecule is N#Cc1cccc(C(=O)N(Cc2cccs2)C[C@H]2CCCO2)c1. The van der Waals surface area contributed by atoms with Gasteiger partial charge in [0.05, 0.1) is 24.3 Å². The number of nitrogens with zero attached hydrogens (tertiary/aromatic N) is 2. The topological polar surface area (TPSA) is 53.3 Å². The summed E-state index contributed by atoms with van der Waals surface area (Å²) in [6.45, 7) is 1.94. The highest BCUT2D eigenvalue weighted by atomic mass is 32.1. The monoisotopic (exact) mass is 326 g/mol. The maximum Gasteiger partial charge on any atom is 0.254 e. The Morgan fingerprint density at radius 1 is 1.39 bits per heavy atom. The minimum Gasteiger partial charge on any atom is -0.376 e. The zero-order valence-corrected chi connectivity index (χ0v) is 13.6. The van der Waals surface area contributed by atoms with Crippen LogP contribution in [-0.4, -0.2) is 30.1 Å². The maximum absolute atomic E-state index is 12.9. The molecule has 0 saturated carbocycles. The van der Waals surface area contributed by atoms with E-state index in [1.54, 1.807) is 35.6 Å². The standard InChI is InChI=1S/C18H18N2O2S/c19-11-14-4-1-5-15(10-14)18(21)20(12-16-6-2-8-22-16)13-17-7-3-9-23-17/h1,3-5,7,9-10,16H,2,6,8,12-13H2/t16-/m1/s1. The van der Waals surface area contributed by atoms with Crippen LogP contribution in [0.2, 0.25) is 0 Å². The van der Waals surface area contributed by atoms with Crippen LogP contribution in [0.15, 0.2) is 41.8 Å². The second-order valence-electron chi connectivity index (χ2n) is 5.59. The number of hydrogen-bond donors (Lipinski definition) is 0. The van der Waals surface area contributed by atoms with Crippen molar-refractivity contribution in [3.05, 3.63) is 57.8 Å². The summed E-state index contributed by atoms with van der Waals surface area (Å²) in [5, 5.41) is 11.0. The molecule has 2 aromatic rings. The Morgan fingerprint density at radius 3 is 3.00 bits per heavy atom. The highest BCUT2D eigenvalue weighted by Gasteiger charge is 2.24. The Hall–Kier alpha value is -2.16. The van der Waals surface area contributed by atoms with Crippen molar-refractivity contribution in [2.24, 2.45) is 0 Å². The summed E-state index contributed by atoms with van der Waals surface area (Å²) in [5.74, 6) is -0.0500. The van der Waals surface area contributed by atoms with Crippen LogP contribution in [0.4, 0.5) is 0 Å². The van der Waals surface area contributed by atoms with Gasteiger partial charge in [0, 0.05) is 23.6 Å². The number of amides is 1. The summed E-state index contributed by atoms with van der Waals surface area (Å²) < 4.78 is 5.69. The van der Waals surface area contributed by atoms with Crippen molar-refractivity contribution in [2.75, 3.05) is 13.2 Å². The van der Waals surface area contributed by atoms with Crippen molar-refractivity contribution in [3.63, 3.8) is 0 Å². The van der Waals surface area contributed by atoms with Gasteiger partial charge in [-0.2, -0.15) is 5.26 Å². The van der Waals surface area contributed by atoms with Gasteiger partial charge in [0.25, 0.3) is 5.91 Å². The molecule has 0 radical (unpaired) electrons. The Balaban J connectivity index is 1.80. The minimum atomic E-state index is -0.0500. The number of nitriles is 1. The summed E-state index contributed by atoms with van der Waals surface area (Å²) in [7, 11) is 0. The van der Waals surface area contributed by atoms with Crippen molar-refractivity contribution in [3.8, 4) is 6.07 Å². The van der Waals surface area contributed by atoms with Crippen molar-refractivity contribution >= 4 is 17.2 Å². The molecular formula is C18H18N2O2S. The quantitative estimate of drug-likeness (QED) is 0.846. The van der Waals surface area contributed by atoms with E-state index in [2.05, 4.69) is 6.07 Å². The normalized spacial score (nSPS) is 16.9. The molecule has 0 spiro atoms. The van der Waals surface area contributed by atoms with Crippen molar-refractivity contribution in [1.82, 2.24) is 4.90 Å². The number of benzene rings is 1. The van der Waals surface area contributed by atoms with Crippen LogP contribution in [0.1, 0.15) is 33.6 Å². The molecule has 118 valence electrons. The van der Waals surface area contributed by atoms with E-state index in [0.717, 1.165) is 24.3 Å². The molecule has 1 aliphatic heterocycles. The molecule has 0 bridgehead atoms. The van der Waals surface area contributed by atoms with E-state index in [4.69, 9.17) is 10.00 Å². The number of rotatable bonds is 5. The van der Waals surface area contributed by atoms with Gasteiger partial charge in [-0.3, -0.25) is 4.79 Å². The van der Waals surface area contributed by atoms with E-state index < -0.39 is 0 Å². The Bertz CT molecular complexity index is 700. The van der Waals surface area contributed by atoms with E-state index in [1.807, 2.05) is 22.4 Å². The van der Waals surface area contributed by atoms with Gasteiger partial charge in [-0.05, 0) is 42.5 Å². The number of carbonyl (C=O) groups is 1. The fraction of sp³-hybridized carbons (Fsp3) is 0.333. The van der Waals surface area contributed by atoms with Crippen LogP contribution in [0.25, 0.3) is 0 Å². The highest BCUT2D eigenvalue weighted by molar-refractivity contribution is 7.09. The molecule has 0 aliphatic carbocycles. The molecule has 0 N–H and O–H groups in total. The minimum absolute atomic E-state index is 0.0500. The average molecular weight is 326 g/mol. The zero-order valence-electron chi connectivity index (χ0n) is 12.8. The van der Waals surface area contributed by atoms with Gasteiger partial charge in [0.1, 0.15) is 0 Å². The van der Waals surface area contributed by atoms with Gasteiger partial charge in [-0.1, -0.05) is 12.1 Å². The van der Waals surface area contributed by atoms with Gasteiger partial charge in [0.15, 0.2) is 0 Å². The molecule has 1 fully saturated rings. The van der Waals surface area contributed by atoms with Crippen LogP contribution in [0.5, 0.6) is 0 Å². The fourth-order valence-corrected chi connectivity index (χ4v) is 3.47. The largest absolute Gasteiger partial charge is 0.376 e. The van der Waals surface area contributed by atoms with Gasteiger partial charge >= 0.3 is 0 Å². The second kappa shape index (κ2) is 7.40. The Morgan fingerprint density at radius 2 is 2.30 bits per heavy atom. The van der Waals surface area contributed by atoms with Gasteiger partial charge in [-0.15, -0.1) is 11.3 Å². The third-order valence-corrected chi connectivity index (χ3v) is 4.76. The summed E-state index contributed by atoms with van der Waals surface area (Å²) in [5.41, 5.74) is 1.06. The Kier molecular flexibility index (Phi) is 5.06. The molecule has 23 heavy (non-hydrogen) atoms. The predicted molar refractivity (Wildman–Crippen MR) is 89.2 cm³/mol. The summed E-state index contributed by atoms with van der Waals surface area (Å²) in [6, 6.07) is 13.0. The van der Waals surface area contributed by atoms with Crippen LogP contribution in [0.3, 0.4) is 0 Å². The molecule has 1 atom stereocenters. The first-order valence-corrected chi connectivity index (χ1v) is 8.57. The van der Waals surface area contributed by atoms with Crippen LogP contribution in [-0.2, 0) is 11.3 Å². The lowest BCUT2D eigenvalue weighted by molar-refractivity contribution is 0.0509. The zero-order chi connectivity index (χ0) is 16.1. The average Bonchev–Trinajstić information content (AvgIpc) is 3.27. The maximum atomic E-state index is 12.9. The van der Waals surface area contributed by atoms with Crippen LogP contribution < -0.4 is 0 Å². The van der Waals surface area contributed by atoms with Gasteiger partial charge < -0.3 is 9.64 Å². The van der Waals surface area contributed by atoms with E-state index in [0.29, 0.717) is 24.2 Å². The molecule has 1 amide bonds. The number of hydrogen-bond acceptors (Lipinski definition) is 4. The first kappa shape index (κ1) is 15.7. The molecular weight excluding hydrogens is 308 g/mol. The summed E-state index contributed by atoms with van der Waals surface area (Å²) >= 11 is 1.64. The smallest absolute Gasteiger partial charge is 0.254 e. The van der Waals surface area contributed by atoms with E-state index >= 15 is 0 Å². The summed E-state index contributed by atoms with van der Waals surface area (Å²) in [6.07, 6.45) is 2.15. The molecule has 5 heteroatoms. The van der Waals surface area contributed by atoms with E-state index in [1.165, 1.54) is 0 Å². The molecule has 4 nitrogen and oxygen atoms in total. The molecule has 3 rings (SSSR count). The second-order valence-corrected chi connectivity index (χ2v) is 6.62. The number of ether oxygens (including phenoxy) is 1. The van der Waals surface area contributed by atoms with Gasteiger partial charge in [0.2, 0.25) is 0 Å². The highest BCUT2D eigenvalue weighted by Crippen LogP contribution is 2.19. The number of thiophene rings is 1. The van der Waals surface area contributed by atoms with Crippen LogP contribution >= 0.6 is 11.3 Å². The third-order valence-electron chi connectivity index (χ3n) is 3.90. The van der Waals surface area contributed by atoms with Crippen LogP contribution in [0, 0.1) is 11.3 Å². The molecule has 1 aromatic carbocycles. The lowest BCUT2D eigenvalue weighted by Crippen LogP contribution is -2.36. The molecule has 0 unspecified atom stereocenters. The third kappa shape index (κ3) is 3.98. The molecule has 2 heterocycles. The lowest BCUT2D eigenvalue weighted by atomic mass is 10.1. The van der Waals surface area contributed by atoms with E-state index in [-0.39, 0.29) is 12.0 Å². The molecule has 1 saturated heterocycles. The van der Waals surface area contributed by atoms with Crippen molar-refractivity contribution in [1.29, 1.82) is 5.26 Å². The predicted octanol–water partition coefficient (Wildman–Crippen LogP) is 3.44. The van der Waals surface area contributed by atoms with Gasteiger partial charge in [-0.25, -0.2) is 0 Å². The van der Waals surface area contributed by atoms with Crippen molar-refractivity contribution in [2.45, 2.75) is 25.5 Å². The first-order valence-electron chi connectivity index (χ1n) is 7.69.